The summed E-state index contributed by atoms with van der Waals surface area (Å²) in [5.74, 6) is -2.73. The highest BCUT2D eigenvalue weighted by molar-refractivity contribution is 6.53. The lowest BCUT2D eigenvalue weighted by Gasteiger charge is -2.24. The number of carbonyl (C=O) groups is 3. The van der Waals surface area contributed by atoms with Gasteiger partial charge in [0.15, 0.2) is 16.5 Å². The molecule has 168 valence electrons. The monoisotopic (exact) mass is 477 g/mol. The maximum Gasteiger partial charge on any atom is 0.414 e. The third kappa shape index (κ3) is 4.10. The highest BCUT2D eigenvalue weighted by Crippen LogP contribution is 2.53. The highest BCUT2D eigenvalue weighted by atomic mass is 35.5. The molecule has 2 amide bonds. The van der Waals surface area contributed by atoms with Crippen molar-refractivity contribution in [3.63, 3.8) is 0 Å². The molecule has 0 aromatic heterocycles. The molecule has 12 heteroatoms. The Bertz CT molecular complexity index is 899. The summed E-state index contributed by atoms with van der Waals surface area (Å²) in [7, 11) is 1.32. The molecule has 3 aliphatic rings. The van der Waals surface area contributed by atoms with Gasteiger partial charge in [-0.3, -0.25) is 14.5 Å². The molecule has 0 bridgehead atoms. The van der Waals surface area contributed by atoms with E-state index in [1.54, 1.807) is 4.90 Å². The number of esters is 1. The SMILES string of the molecule is COC(=O)C1[C@H]2CN(c3c(F)cc(N4C[C@H](CNC(=O)C(Cl)Cl)OC4=O)cc3F)C[C@@H]12. The van der Waals surface area contributed by atoms with Crippen LogP contribution < -0.4 is 15.1 Å². The third-order valence-electron chi connectivity index (χ3n) is 5.87. The molecule has 2 saturated heterocycles. The van der Waals surface area contributed by atoms with Crippen LogP contribution in [0.25, 0.3) is 0 Å². The maximum absolute atomic E-state index is 14.8. The van der Waals surface area contributed by atoms with E-state index in [9.17, 15) is 23.2 Å². The van der Waals surface area contributed by atoms with Gasteiger partial charge in [0.2, 0.25) is 0 Å². The van der Waals surface area contributed by atoms with Gasteiger partial charge in [0.1, 0.15) is 11.8 Å². The summed E-state index contributed by atoms with van der Waals surface area (Å²) in [6, 6.07) is 2.13. The van der Waals surface area contributed by atoms with E-state index < -0.39 is 34.6 Å². The standard InChI is InChI=1S/C19H19Cl2F2N3O5/c1-30-18(28)14-10-6-25(7-11(10)14)15-12(22)2-8(3-13(15)23)26-5-9(31-19(26)29)4-24-17(27)16(20)21/h2-3,9-11,14,16H,4-7H2,1H3,(H,24,27)/t9-,10-,11+,14?/m0/s1. The molecule has 0 spiro atoms. The van der Waals surface area contributed by atoms with Crippen LogP contribution in [0.1, 0.15) is 0 Å². The molecule has 1 unspecified atom stereocenters. The van der Waals surface area contributed by atoms with Gasteiger partial charge in [-0.05, 0) is 11.8 Å². The number of fused-ring (bicyclic) bond motifs is 1. The number of nitrogens with zero attached hydrogens (tertiary/aromatic N) is 2. The van der Waals surface area contributed by atoms with Crippen LogP contribution in [0.15, 0.2) is 12.1 Å². The van der Waals surface area contributed by atoms with Crippen molar-refractivity contribution < 1.29 is 32.6 Å². The number of alkyl halides is 2. The predicted molar refractivity (Wildman–Crippen MR) is 107 cm³/mol. The number of halogens is 4. The average Bonchev–Trinajstić information content (AvgIpc) is 3.03. The van der Waals surface area contributed by atoms with Gasteiger partial charge in [-0.2, -0.15) is 0 Å². The van der Waals surface area contributed by atoms with Gasteiger partial charge in [-0.25, -0.2) is 13.6 Å². The molecule has 1 aliphatic carbocycles. The Kier molecular flexibility index (Phi) is 5.87. The minimum absolute atomic E-state index is 0.00179. The Morgan fingerprint density at radius 3 is 2.39 bits per heavy atom. The number of rotatable bonds is 6. The molecule has 2 heterocycles. The predicted octanol–water partition coefficient (Wildman–Crippen LogP) is 2.07. The summed E-state index contributed by atoms with van der Waals surface area (Å²) in [6.07, 6.45) is -1.52. The molecular formula is C19H19Cl2F2N3O5. The van der Waals surface area contributed by atoms with Crippen LogP contribution in [0, 0.1) is 29.4 Å². The van der Waals surface area contributed by atoms with Gasteiger partial charge < -0.3 is 19.7 Å². The lowest BCUT2D eigenvalue weighted by Crippen LogP contribution is -2.37. The molecule has 1 aromatic rings. The van der Waals surface area contributed by atoms with E-state index >= 15 is 0 Å². The van der Waals surface area contributed by atoms with E-state index in [1.165, 1.54) is 7.11 Å². The van der Waals surface area contributed by atoms with Gasteiger partial charge in [0.05, 0.1) is 31.8 Å². The largest absolute Gasteiger partial charge is 0.469 e. The fraction of sp³-hybridized carbons (Fsp3) is 0.526. The van der Waals surface area contributed by atoms with Crippen LogP contribution in [0.5, 0.6) is 0 Å². The molecule has 31 heavy (non-hydrogen) atoms. The molecule has 1 aromatic carbocycles. The summed E-state index contributed by atoms with van der Waals surface area (Å²) in [4.78, 5) is 36.6. The fourth-order valence-electron chi connectivity index (χ4n) is 4.33. The average molecular weight is 478 g/mol. The van der Waals surface area contributed by atoms with Crippen LogP contribution in [0.3, 0.4) is 0 Å². The normalized spacial score (nSPS) is 26.7. The van der Waals surface area contributed by atoms with Gasteiger partial charge in [0, 0.05) is 25.2 Å². The van der Waals surface area contributed by atoms with Gasteiger partial charge in [-0.15, -0.1) is 0 Å². The first kappa shape index (κ1) is 21.9. The van der Waals surface area contributed by atoms with Crippen molar-refractivity contribution >= 4 is 52.5 Å². The minimum atomic E-state index is -1.26. The van der Waals surface area contributed by atoms with Crippen molar-refractivity contribution in [1.29, 1.82) is 0 Å². The van der Waals surface area contributed by atoms with E-state index in [2.05, 4.69) is 5.32 Å². The molecule has 0 radical (unpaired) electrons. The molecule has 1 saturated carbocycles. The minimum Gasteiger partial charge on any atom is -0.469 e. The Morgan fingerprint density at radius 1 is 1.23 bits per heavy atom. The summed E-state index contributed by atoms with van der Waals surface area (Å²) in [5, 5.41) is 2.42. The second-order valence-corrected chi connectivity index (χ2v) is 8.80. The van der Waals surface area contributed by atoms with Crippen molar-refractivity contribution in [2.45, 2.75) is 10.9 Å². The first-order chi connectivity index (χ1) is 14.7. The van der Waals surface area contributed by atoms with Crippen molar-refractivity contribution in [1.82, 2.24) is 5.32 Å². The summed E-state index contributed by atoms with van der Waals surface area (Å²) >= 11 is 10.9. The van der Waals surface area contributed by atoms with E-state index in [0.29, 0.717) is 13.1 Å². The Labute approximate surface area is 186 Å². The van der Waals surface area contributed by atoms with Crippen molar-refractivity contribution in [2.24, 2.45) is 17.8 Å². The zero-order chi connectivity index (χ0) is 22.4. The van der Waals surface area contributed by atoms with Crippen molar-refractivity contribution in [3.05, 3.63) is 23.8 Å². The lowest BCUT2D eigenvalue weighted by molar-refractivity contribution is -0.142. The second kappa shape index (κ2) is 8.31. The van der Waals surface area contributed by atoms with E-state index in [-0.39, 0.29) is 48.2 Å². The topological polar surface area (TPSA) is 88.2 Å². The number of ether oxygens (including phenoxy) is 2. The molecule has 2 aliphatic heterocycles. The number of benzene rings is 1. The summed E-state index contributed by atoms with van der Waals surface area (Å²) < 4.78 is 39.5. The third-order valence-corrected chi connectivity index (χ3v) is 6.27. The van der Waals surface area contributed by atoms with E-state index in [4.69, 9.17) is 32.7 Å². The lowest BCUT2D eigenvalue weighted by atomic mass is 10.2. The number of anilines is 2. The van der Waals surface area contributed by atoms with Crippen LogP contribution in [-0.2, 0) is 19.1 Å². The van der Waals surface area contributed by atoms with E-state index in [1.807, 2.05) is 0 Å². The van der Waals surface area contributed by atoms with Crippen LogP contribution in [0.4, 0.5) is 25.0 Å². The highest BCUT2D eigenvalue weighted by Gasteiger charge is 2.60. The van der Waals surface area contributed by atoms with Crippen molar-refractivity contribution in [3.8, 4) is 0 Å². The number of hydrogen-bond donors (Lipinski definition) is 1. The van der Waals surface area contributed by atoms with E-state index in [0.717, 1.165) is 17.0 Å². The molecular weight excluding hydrogens is 459 g/mol. The Hall–Kier alpha value is -2.33. The van der Waals surface area contributed by atoms with Crippen molar-refractivity contribution in [2.75, 3.05) is 43.1 Å². The second-order valence-electron chi connectivity index (χ2n) is 7.70. The molecule has 8 nitrogen and oxygen atoms in total. The molecule has 4 rings (SSSR count). The zero-order valence-electron chi connectivity index (χ0n) is 16.3. The number of nitrogens with one attached hydrogen (secondary N) is 1. The number of piperidine rings is 1. The molecule has 3 fully saturated rings. The van der Waals surface area contributed by atoms with Gasteiger partial charge in [0.25, 0.3) is 5.91 Å². The van der Waals surface area contributed by atoms with Crippen LogP contribution in [0.2, 0.25) is 0 Å². The number of carbonyl (C=O) groups excluding carboxylic acids is 3. The Morgan fingerprint density at radius 2 is 1.84 bits per heavy atom. The smallest absolute Gasteiger partial charge is 0.414 e. The number of hydrogen-bond acceptors (Lipinski definition) is 6. The van der Waals surface area contributed by atoms with Crippen LogP contribution in [-0.4, -0.2) is 62.2 Å². The molecule has 4 atom stereocenters. The maximum atomic E-state index is 14.8. The first-order valence-corrected chi connectivity index (χ1v) is 10.4. The first-order valence-electron chi connectivity index (χ1n) is 9.57. The summed E-state index contributed by atoms with van der Waals surface area (Å²) in [5.41, 5.74) is -0.187. The summed E-state index contributed by atoms with van der Waals surface area (Å²) in [6.45, 7) is 0.653. The number of amides is 2. The number of methoxy groups -OCH3 is 1. The Balaban J connectivity index is 1.42. The van der Waals surface area contributed by atoms with Gasteiger partial charge >= 0.3 is 12.1 Å². The van der Waals surface area contributed by atoms with Crippen LogP contribution >= 0.6 is 23.2 Å². The zero-order valence-corrected chi connectivity index (χ0v) is 17.8. The quantitative estimate of drug-likeness (QED) is 0.498. The molecule has 1 N–H and O–H groups in total. The van der Waals surface area contributed by atoms with Gasteiger partial charge in [-0.1, -0.05) is 23.2 Å². The number of cyclic esters (lactones) is 1. The fourth-order valence-corrected chi connectivity index (χ4v) is 4.49.